The molecule has 9 heteroatoms. The fourth-order valence-corrected chi connectivity index (χ4v) is 2.83. The van der Waals surface area contributed by atoms with Crippen LogP contribution in [0.15, 0.2) is 54.9 Å². The lowest BCUT2D eigenvalue weighted by Gasteiger charge is -2.12. The van der Waals surface area contributed by atoms with Crippen LogP contribution in [0.5, 0.6) is 0 Å². The topological polar surface area (TPSA) is 122 Å². The first-order valence-corrected chi connectivity index (χ1v) is 9.35. The predicted octanol–water partition coefficient (Wildman–Crippen LogP) is 4.32. The Balaban J connectivity index is 1.81. The summed E-state index contributed by atoms with van der Waals surface area (Å²) in [5.41, 5.74) is 7.64. The van der Waals surface area contributed by atoms with Gasteiger partial charge < -0.3 is 5.32 Å². The number of nitrogens with zero attached hydrogens (tertiary/aromatic N) is 3. The first-order valence-electron chi connectivity index (χ1n) is 9.35. The Kier molecular flexibility index (Phi) is 6.21. The van der Waals surface area contributed by atoms with E-state index in [0.717, 1.165) is 11.1 Å². The van der Waals surface area contributed by atoms with Crippen LogP contribution in [0.3, 0.4) is 0 Å². The molecule has 2 aromatic carbocycles. The van der Waals surface area contributed by atoms with Gasteiger partial charge in [0.05, 0.1) is 4.92 Å². The maximum atomic E-state index is 12.4. The molecule has 0 bridgehead atoms. The second-order valence-corrected chi connectivity index (χ2v) is 6.97. The van der Waals surface area contributed by atoms with E-state index >= 15 is 0 Å². The van der Waals surface area contributed by atoms with E-state index in [4.69, 9.17) is 0 Å². The van der Waals surface area contributed by atoms with Crippen LogP contribution in [0.2, 0.25) is 0 Å². The van der Waals surface area contributed by atoms with Gasteiger partial charge in [0.2, 0.25) is 11.6 Å². The third kappa shape index (κ3) is 4.69. The van der Waals surface area contributed by atoms with Crippen molar-refractivity contribution in [1.82, 2.24) is 15.4 Å². The molecule has 0 radical (unpaired) electrons. The predicted molar refractivity (Wildman–Crippen MR) is 115 cm³/mol. The van der Waals surface area contributed by atoms with Crippen molar-refractivity contribution in [3.63, 3.8) is 0 Å². The number of hydrogen-bond donors (Lipinski definition) is 3. The van der Waals surface area contributed by atoms with Gasteiger partial charge in [0, 0.05) is 11.3 Å². The fraction of sp³-hybridized carbons (Fsp3) is 0.190. The van der Waals surface area contributed by atoms with Crippen molar-refractivity contribution in [3.05, 3.63) is 81.7 Å². The Morgan fingerprint density at radius 1 is 1.03 bits per heavy atom. The standard InChI is InChI=1S/C21H22N6O3/c1-13(2)15-8-10-16(11-9-15)24-19-18(27(29)30)20(23-12-22-19)25-26-21(28)17-7-5-4-6-14(17)3/h4-13H,1-3H3,(H,26,28)(H2,22,23,24,25). The molecular formula is C21H22N6O3. The number of hydrazine groups is 1. The van der Waals surface area contributed by atoms with E-state index in [1.54, 1.807) is 25.1 Å². The Labute approximate surface area is 173 Å². The summed E-state index contributed by atoms with van der Waals surface area (Å²) in [6.45, 7) is 5.97. The molecule has 0 saturated heterocycles. The minimum absolute atomic E-state index is 0.0138. The van der Waals surface area contributed by atoms with Crippen LogP contribution in [0.25, 0.3) is 0 Å². The van der Waals surface area contributed by atoms with Crippen molar-refractivity contribution < 1.29 is 9.72 Å². The van der Waals surface area contributed by atoms with Crippen molar-refractivity contribution >= 4 is 28.9 Å². The maximum absolute atomic E-state index is 12.4. The molecule has 1 heterocycles. The summed E-state index contributed by atoms with van der Waals surface area (Å²) in [5, 5.41) is 14.6. The minimum atomic E-state index is -0.604. The van der Waals surface area contributed by atoms with Crippen LogP contribution in [0.1, 0.15) is 41.3 Å². The monoisotopic (exact) mass is 406 g/mol. The van der Waals surface area contributed by atoms with E-state index < -0.39 is 10.8 Å². The summed E-state index contributed by atoms with van der Waals surface area (Å²) in [4.78, 5) is 31.4. The highest BCUT2D eigenvalue weighted by molar-refractivity contribution is 5.96. The van der Waals surface area contributed by atoms with E-state index in [1.807, 2.05) is 30.3 Å². The molecule has 3 N–H and O–H groups in total. The molecule has 0 saturated carbocycles. The van der Waals surface area contributed by atoms with Gasteiger partial charge in [0.15, 0.2) is 0 Å². The Morgan fingerprint density at radius 2 is 1.70 bits per heavy atom. The van der Waals surface area contributed by atoms with Gasteiger partial charge >= 0.3 is 5.69 Å². The average molecular weight is 406 g/mol. The first kappa shape index (κ1) is 20.7. The Bertz CT molecular complexity index is 1070. The third-order valence-electron chi connectivity index (χ3n) is 4.53. The molecule has 1 amide bonds. The number of carbonyl (C=O) groups is 1. The number of nitrogens with one attached hydrogen (secondary N) is 3. The molecule has 0 aliphatic rings. The molecule has 154 valence electrons. The Hall–Kier alpha value is -4.01. The van der Waals surface area contributed by atoms with E-state index in [-0.39, 0.29) is 17.3 Å². The van der Waals surface area contributed by atoms with E-state index in [2.05, 4.69) is 40.0 Å². The van der Waals surface area contributed by atoms with Gasteiger partial charge in [-0.3, -0.25) is 25.8 Å². The average Bonchev–Trinajstić information content (AvgIpc) is 2.72. The van der Waals surface area contributed by atoms with E-state index in [9.17, 15) is 14.9 Å². The number of rotatable bonds is 7. The van der Waals surface area contributed by atoms with Gasteiger partial charge in [-0.05, 0) is 42.2 Å². The number of benzene rings is 2. The zero-order valence-electron chi connectivity index (χ0n) is 16.8. The molecule has 1 aromatic heterocycles. The van der Waals surface area contributed by atoms with Gasteiger partial charge in [0.25, 0.3) is 5.91 Å². The molecule has 0 aliphatic heterocycles. The largest absolute Gasteiger partial charge is 0.355 e. The SMILES string of the molecule is Cc1ccccc1C(=O)NNc1ncnc(Nc2ccc(C(C)C)cc2)c1[N+](=O)[O-]. The highest BCUT2D eigenvalue weighted by atomic mass is 16.6. The van der Waals surface area contributed by atoms with Gasteiger partial charge in [0.1, 0.15) is 6.33 Å². The molecular weight excluding hydrogens is 384 g/mol. The third-order valence-corrected chi connectivity index (χ3v) is 4.53. The van der Waals surface area contributed by atoms with Gasteiger partial charge in [-0.1, -0.05) is 44.2 Å². The van der Waals surface area contributed by atoms with E-state index in [0.29, 0.717) is 17.2 Å². The lowest BCUT2D eigenvalue weighted by Crippen LogP contribution is -2.30. The second kappa shape index (κ2) is 8.99. The second-order valence-electron chi connectivity index (χ2n) is 6.97. The van der Waals surface area contributed by atoms with Crippen LogP contribution in [-0.2, 0) is 0 Å². The number of aryl methyl sites for hydroxylation is 1. The first-order chi connectivity index (χ1) is 14.4. The van der Waals surface area contributed by atoms with Crippen molar-refractivity contribution in [2.75, 3.05) is 10.7 Å². The summed E-state index contributed by atoms with van der Waals surface area (Å²) >= 11 is 0. The molecule has 3 rings (SSSR count). The molecule has 0 unspecified atom stereocenters. The highest BCUT2D eigenvalue weighted by Crippen LogP contribution is 2.31. The normalized spacial score (nSPS) is 10.5. The lowest BCUT2D eigenvalue weighted by atomic mass is 10.0. The van der Waals surface area contributed by atoms with Gasteiger partial charge in [-0.2, -0.15) is 0 Å². The number of nitro groups is 1. The zero-order valence-corrected chi connectivity index (χ0v) is 16.8. The number of hydrogen-bond acceptors (Lipinski definition) is 7. The van der Waals surface area contributed by atoms with Crippen LogP contribution in [0.4, 0.5) is 23.0 Å². The van der Waals surface area contributed by atoms with Crippen molar-refractivity contribution in [2.24, 2.45) is 0 Å². The molecule has 0 aliphatic carbocycles. The molecule has 0 fully saturated rings. The molecule has 0 atom stereocenters. The number of aromatic nitrogens is 2. The lowest BCUT2D eigenvalue weighted by molar-refractivity contribution is -0.383. The number of anilines is 3. The van der Waals surface area contributed by atoms with Crippen molar-refractivity contribution in [1.29, 1.82) is 0 Å². The smallest absolute Gasteiger partial charge is 0.334 e. The number of amides is 1. The maximum Gasteiger partial charge on any atom is 0.355 e. The van der Waals surface area contributed by atoms with Crippen molar-refractivity contribution in [2.45, 2.75) is 26.7 Å². The number of carbonyl (C=O) groups excluding carboxylic acids is 1. The molecule has 0 spiro atoms. The molecule has 9 nitrogen and oxygen atoms in total. The van der Waals surface area contributed by atoms with Crippen molar-refractivity contribution in [3.8, 4) is 0 Å². The summed E-state index contributed by atoms with van der Waals surface area (Å²) in [5.74, 6) is -0.168. The minimum Gasteiger partial charge on any atom is -0.334 e. The molecule has 30 heavy (non-hydrogen) atoms. The quantitative estimate of drug-likeness (QED) is 0.394. The van der Waals surface area contributed by atoms with Gasteiger partial charge in [-0.25, -0.2) is 9.97 Å². The van der Waals surface area contributed by atoms with Crippen LogP contribution in [0, 0.1) is 17.0 Å². The summed E-state index contributed by atoms with van der Waals surface area (Å²) in [6.07, 6.45) is 1.18. The van der Waals surface area contributed by atoms with Crippen LogP contribution >= 0.6 is 0 Å². The van der Waals surface area contributed by atoms with Crippen LogP contribution < -0.4 is 16.2 Å². The zero-order chi connectivity index (χ0) is 21.7. The summed E-state index contributed by atoms with van der Waals surface area (Å²) in [7, 11) is 0. The summed E-state index contributed by atoms with van der Waals surface area (Å²) < 4.78 is 0. The summed E-state index contributed by atoms with van der Waals surface area (Å²) in [6, 6.07) is 14.6. The fourth-order valence-electron chi connectivity index (χ4n) is 2.83. The molecule has 3 aromatic rings. The van der Waals surface area contributed by atoms with Gasteiger partial charge in [-0.15, -0.1) is 0 Å². The van der Waals surface area contributed by atoms with E-state index in [1.165, 1.54) is 6.33 Å². The Morgan fingerprint density at radius 3 is 2.33 bits per heavy atom. The highest BCUT2D eigenvalue weighted by Gasteiger charge is 2.24. The van der Waals surface area contributed by atoms with Crippen LogP contribution in [-0.4, -0.2) is 20.8 Å².